The Bertz CT molecular complexity index is 302. The molecular weight excluding hydrogens is 192 g/mol. The zero-order valence-electron chi connectivity index (χ0n) is 8.49. The molecule has 1 amide bonds. The van der Waals surface area contributed by atoms with Crippen LogP contribution in [0.1, 0.15) is 0 Å². The van der Waals surface area contributed by atoms with Crippen LogP contribution in [0.25, 0.3) is 0 Å². The standard InChI is InChI=1S/C10H14N4O/c1-2-3-13-10(15)8-14-5-4-12-7-9(14)6-11/h1,9,12H,3-5,7-8H2,(H,13,15). The maximum Gasteiger partial charge on any atom is 0.234 e. The van der Waals surface area contributed by atoms with Gasteiger partial charge in [0.05, 0.1) is 19.2 Å². The van der Waals surface area contributed by atoms with Crippen LogP contribution in [0.3, 0.4) is 0 Å². The van der Waals surface area contributed by atoms with Crippen LogP contribution in [-0.4, -0.2) is 49.6 Å². The van der Waals surface area contributed by atoms with E-state index in [2.05, 4.69) is 22.6 Å². The topological polar surface area (TPSA) is 68.2 Å². The summed E-state index contributed by atoms with van der Waals surface area (Å²) in [7, 11) is 0. The lowest BCUT2D eigenvalue weighted by Gasteiger charge is -2.31. The van der Waals surface area contributed by atoms with Gasteiger partial charge < -0.3 is 10.6 Å². The predicted octanol–water partition coefficient (Wildman–Crippen LogP) is -1.47. The van der Waals surface area contributed by atoms with Crippen LogP contribution < -0.4 is 10.6 Å². The number of carbonyl (C=O) groups is 1. The normalized spacial score (nSPS) is 21.3. The van der Waals surface area contributed by atoms with Crippen molar-refractivity contribution in [2.75, 3.05) is 32.7 Å². The highest BCUT2D eigenvalue weighted by Crippen LogP contribution is 2.00. The number of piperazine rings is 1. The highest BCUT2D eigenvalue weighted by atomic mass is 16.2. The molecule has 15 heavy (non-hydrogen) atoms. The molecule has 0 bridgehead atoms. The molecule has 1 rings (SSSR count). The quantitative estimate of drug-likeness (QED) is 0.553. The minimum atomic E-state index is -0.227. The Morgan fingerprint density at radius 3 is 3.20 bits per heavy atom. The van der Waals surface area contributed by atoms with Gasteiger partial charge in [0.1, 0.15) is 6.04 Å². The van der Waals surface area contributed by atoms with E-state index in [1.54, 1.807) is 0 Å². The second kappa shape index (κ2) is 6.02. The smallest absolute Gasteiger partial charge is 0.234 e. The molecular formula is C10H14N4O. The van der Waals surface area contributed by atoms with Gasteiger partial charge in [0.2, 0.25) is 5.91 Å². The molecule has 80 valence electrons. The van der Waals surface area contributed by atoms with Gasteiger partial charge in [0.15, 0.2) is 0 Å². The van der Waals surface area contributed by atoms with Crippen LogP contribution in [-0.2, 0) is 4.79 Å². The molecule has 2 N–H and O–H groups in total. The number of nitriles is 1. The maximum absolute atomic E-state index is 11.4. The van der Waals surface area contributed by atoms with Crippen molar-refractivity contribution in [3.8, 4) is 18.4 Å². The highest BCUT2D eigenvalue weighted by Gasteiger charge is 2.23. The molecule has 0 aromatic carbocycles. The zero-order valence-corrected chi connectivity index (χ0v) is 8.49. The number of hydrogen-bond donors (Lipinski definition) is 2. The first kappa shape index (κ1) is 11.5. The van der Waals surface area contributed by atoms with Crippen LogP contribution in [0.5, 0.6) is 0 Å². The molecule has 0 spiro atoms. The van der Waals surface area contributed by atoms with Crippen LogP contribution in [0.4, 0.5) is 0 Å². The third-order valence-corrected chi connectivity index (χ3v) is 2.24. The van der Waals surface area contributed by atoms with Gasteiger partial charge in [-0.3, -0.25) is 9.69 Å². The second-order valence-electron chi connectivity index (χ2n) is 3.30. The summed E-state index contributed by atoms with van der Waals surface area (Å²) in [5.74, 6) is 2.20. The lowest BCUT2D eigenvalue weighted by atomic mass is 10.2. The van der Waals surface area contributed by atoms with E-state index in [-0.39, 0.29) is 25.0 Å². The van der Waals surface area contributed by atoms with Crippen molar-refractivity contribution in [1.82, 2.24) is 15.5 Å². The van der Waals surface area contributed by atoms with Crippen LogP contribution in [0.2, 0.25) is 0 Å². The van der Waals surface area contributed by atoms with E-state index in [4.69, 9.17) is 11.7 Å². The van der Waals surface area contributed by atoms with Crippen molar-refractivity contribution in [2.45, 2.75) is 6.04 Å². The van der Waals surface area contributed by atoms with Gasteiger partial charge >= 0.3 is 0 Å². The summed E-state index contributed by atoms with van der Waals surface area (Å²) in [5, 5.41) is 14.5. The largest absolute Gasteiger partial charge is 0.344 e. The third-order valence-electron chi connectivity index (χ3n) is 2.24. The average molecular weight is 206 g/mol. The Labute approximate surface area is 89.4 Å². The number of nitrogens with one attached hydrogen (secondary N) is 2. The van der Waals surface area contributed by atoms with E-state index in [0.717, 1.165) is 6.54 Å². The Morgan fingerprint density at radius 2 is 2.53 bits per heavy atom. The van der Waals surface area contributed by atoms with E-state index < -0.39 is 0 Å². The summed E-state index contributed by atoms with van der Waals surface area (Å²) in [6.07, 6.45) is 5.02. The number of nitrogens with zero attached hydrogens (tertiary/aromatic N) is 2. The summed E-state index contributed by atoms with van der Waals surface area (Å²) >= 11 is 0. The van der Waals surface area contributed by atoms with Gasteiger partial charge in [-0.2, -0.15) is 5.26 Å². The van der Waals surface area contributed by atoms with Crippen molar-refractivity contribution < 1.29 is 4.79 Å². The van der Waals surface area contributed by atoms with Gasteiger partial charge in [-0.15, -0.1) is 6.42 Å². The lowest BCUT2D eigenvalue weighted by molar-refractivity contribution is -0.122. The molecule has 0 saturated carbocycles. The molecule has 1 aliphatic heterocycles. The fraction of sp³-hybridized carbons (Fsp3) is 0.600. The highest BCUT2D eigenvalue weighted by molar-refractivity contribution is 5.78. The maximum atomic E-state index is 11.4. The molecule has 1 atom stereocenters. The van der Waals surface area contributed by atoms with Gasteiger partial charge in [-0.1, -0.05) is 5.92 Å². The van der Waals surface area contributed by atoms with E-state index in [1.165, 1.54) is 0 Å². The van der Waals surface area contributed by atoms with Gasteiger partial charge in [-0.25, -0.2) is 0 Å². The van der Waals surface area contributed by atoms with Gasteiger partial charge in [0, 0.05) is 19.6 Å². The zero-order chi connectivity index (χ0) is 11.1. The van der Waals surface area contributed by atoms with Crippen molar-refractivity contribution >= 4 is 5.91 Å². The SMILES string of the molecule is C#CCNC(=O)CN1CCNCC1C#N. The summed E-state index contributed by atoms with van der Waals surface area (Å²) in [4.78, 5) is 13.2. The number of amides is 1. The molecule has 0 radical (unpaired) electrons. The molecule has 1 aliphatic rings. The predicted molar refractivity (Wildman–Crippen MR) is 55.7 cm³/mol. The number of terminal acetylenes is 1. The number of hydrogen-bond acceptors (Lipinski definition) is 4. The minimum absolute atomic E-state index is 0.130. The molecule has 0 aromatic heterocycles. The molecule has 0 aromatic rings. The fourth-order valence-corrected chi connectivity index (χ4v) is 1.45. The first-order chi connectivity index (χ1) is 7.27. The molecule has 1 saturated heterocycles. The molecule has 1 fully saturated rings. The number of rotatable bonds is 3. The Balaban J connectivity index is 2.39. The molecule has 1 heterocycles. The Kier molecular flexibility index (Phi) is 4.62. The van der Waals surface area contributed by atoms with Gasteiger partial charge in [-0.05, 0) is 0 Å². The first-order valence-electron chi connectivity index (χ1n) is 4.82. The van der Waals surface area contributed by atoms with Crippen molar-refractivity contribution in [2.24, 2.45) is 0 Å². The van der Waals surface area contributed by atoms with Crippen molar-refractivity contribution in [3.05, 3.63) is 0 Å². The Hall–Kier alpha value is -1.56. The lowest BCUT2D eigenvalue weighted by Crippen LogP contribution is -2.53. The van der Waals surface area contributed by atoms with Crippen LogP contribution in [0.15, 0.2) is 0 Å². The summed E-state index contributed by atoms with van der Waals surface area (Å²) in [6, 6.07) is 1.93. The van der Waals surface area contributed by atoms with Crippen LogP contribution in [0, 0.1) is 23.7 Å². The Morgan fingerprint density at radius 1 is 1.73 bits per heavy atom. The van der Waals surface area contributed by atoms with Gasteiger partial charge in [0.25, 0.3) is 0 Å². The van der Waals surface area contributed by atoms with E-state index >= 15 is 0 Å². The van der Waals surface area contributed by atoms with Crippen molar-refractivity contribution in [1.29, 1.82) is 5.26 Å². The third kappa shape index (κ3) is 3.59. The van der Waals surface area contributed by atoms with E-state index in [1.807, 2.05) is 4.90 Å². The summed E-state index contributed by atoms with van der Waals surface area (Å²) < 4.78 is 0. The summed E-state index contributed by atoms with van der Waals surface area (Å²) in [6.45, 7) is 2.60. The molecule has 1 unspecified atom stereocenters. The fourth-order valence-electron chi connectivity index (χ4n) is 1.45. The van der Waals surface area contributed by atoms with E-state index in [9.17, 15) is 4.79 Å². The molecule has 0 aliphatic carbocycles. The summed E-state index contributed by atoms with van der Waals surface area (Å²) in [5.41, 5.74) is 0. The molecule has 5 nitrogen and oxygen atoms in total. The minimum Gasteiger partial charge on any atom is -0.344 e. The van der Waals surface area contributed by atoms with Crippen LogP contribution >= 0.6 is 0 Å². The average Bonchev–Trinajstić information content (AvgIpc) is 2.27. The second-order valence-corrected chi connectivity index (χ2v) is 3.30. The monoisotopic (exact) mass is 206 g/mol. The van der Waals surface area contributed by atoms with Crippen molar-refractivity contribution in [3.63, 3.8) is 0 Å². The number of carbonyl (C=O) groups excluding carboxylic acids is 1. The first-order valence-corrected chi connectivity index (χ1v) is 4.82. The van der Waals surface area contributed by atoms with E-state index in [0.29, 0.717) is 13.1 Å². The molecule has 5 heteroatoms.